The number of rotatable bonds is 6. The van der Waals surface area contributed by atoms with Crippen molar-refractivity contribution in [1.29, 1.82) is 0 Å². The van der Waals surface area contributed by atoms with Crippen molar-refractivity contribution in [2.24, 2.45) is 0 Å². The van der Waals surface area contributed by atoms with Gasteiger partial charge < -0.3 is 5.11 Å². The van der Waals surface area contributed by atoms with Crippen molar-refractivity contribution in [3.05, 3.63) is 70.8 Å². The molecule has 0 unspecified atom stereocenters. The largest absolute Gasteiger partial charge is 0.481 e. The van der Waals surface area contributed by atoms with Gasteiger partial charge in [0, 0.05) is 6.42 Å². The van der Waals surface area contributed by atoms with Gasteiger partial charge in [-0.15, -0.1) is 0 Å². The highest BCUT2D eigenvalue weighted by atomic mass is 16.4. The van der Waals surface area contributed by atoms with Gasteiger partial charge in [-0.1, -0.05) is 48.5 Å². The zero-order chi connectivity index (χ0) is 15.4. The monoisotopic (exact) mass is 294 g/mol. The fourth-order valence-corrected chi connectivity index (χ4v) is 3.48. The van der Waals surface area contributed by atoms with E-state index < -0.39 is 5.97 Å². The average Bonchev–Trinajstić information content (AvgIpc) is 2.91. The molecule has 3 rings (SSSR count). The molecule has 2 aromatic rings. The number of hydrogen-bond acceptors (Lipinski definition) is 1. The van der Waals surface area contributed by atoms with Gasteiger partial charge in [0.15, 0.2) is 0 Å². The molecular weight excluding hydrogens is 272 g/mol. The lowest BCUT2D eigenvalue weighted by Crippen LogP contribution is -1.99. The van der Waals surface area contributed by atoms with E-state index in [9.17, 15) is 4.79 Å². The molecule has 0 saturated heterocycles. The smallest absolute Gasteiger partial charge is 0.303 e. The van der Waals surface area contributed by atoms with Crippen LogP contribution in [-0.4, -0.2) is 11.1 Å². The summed E-state index contributed by atoms with van der Waals surface area (Å²) in [5.41, 5.74) is 5.61. The SMILES string of the molecule is O=C(O)CCC[C@@H]1CCc2ccc(Cc3ccccc3)cc21. The lowest BCUT2D eigenvalue weighted by Gasteiger charge is -2.12. The molecule has 0 aromatic heterocycles. The molecule has 22 heavy (non-hydrogen) atoms. The van der Waals surface area contributed by atoms with E-state index >= 15 is 0 Å². The Labute approximate surface area is 131 Å². The van der Waals surface area contributed by atoms with Crippen LogP contribution < -0.4 is 0 Å². The number of carbonyl (C=O) groups is 1. The van der Waals surface area contributed by atoms with Crippen LogP contribution in [0.5, 0.6) is 0 Å². The molecule has 0 radical (unpaired) electrons. The lowest BCUT2D eigenvalue weighted by molar-refractivity contribution is -0.137. The van der Waals surface area contributed by atoms with Crippen molar-refractivity contribution in [1.82, 2.24) is 0 Å². The zero-order valence-electron chi connectivity index (χ0n) is 12.8. The van der Waals surface area contributed by atoms with Crippen LogP contribution in [0.3, 0.4) is 0 Å². The summed E-state index contributed by atoms with van der Waals surface area (Å²) < 4.78 is 0. The van der Waals surface area contributed by atoms with E-state index in [0.29, 0.717) is 5.92 Å². The zero-order valence-corrected chi connectivity index (χ0v) is 12.8. The van der Waals surface area contributed by atoms with Crippen LogP contribution in [0.2, 0.25) is 0 Å². The summed E-state index contributed by atoms with van der Waals surface area (Å²) >= 11 is 0. The summed E-state index contributed by atoms with van der Waals surface area (Å²) in [6, 6.07) is 17.4. The summed E-state index contributed by atoms with van der Waals surface area (Å²) in [7, 11) is 0. The first kappa shape index (κ1) is 14.8. The van der Waals surface area contributed by atoms with Crippen molar-refractivity contribution in [3.8, 4) is 0 Å². The number of carboxylic acids is 1. The summed E-state index contributed by atoms with van der Waals surface area (Å²) in [4.78, 5) is 10.7. The van der Waals surface area contributed by atoms with Crippen molar-refractivity contribution in [2.45, 2.75) is 44.4 Å². The van der Waals surface area contributed by atoms with Crippen LogP contribution in [0.25, 0.3) is 0 Å². The third-order valence-corrected chi connectivity index (χ3v) is 4.61. The van der Waals surface area contributed by atoms with Gasteiger partial charge in [0.25, 0.3) is 0 Å². The quantitative estimate of drug-likeness (QED) is 0.848. The topological polar surface area (TPSA) is 37.3 Å². The second-order valence-electron chi connectivity index (χ2n) is 6.22. The minimum atomic E-state index is -0.684. The van der Waals surface area contributed by atoms with Crippen molar-refractivity contribution in [3.63, 3.8) is 0 Å². The van der Waals surface area contributed by atoms with Crippen molar-refractivity contribution in [2.75, 3.05) is 0 Å². The maximum absolute atomic E-state index is 10.7. The Morgan fingerprint density at radius 2 is 1.91 bits per heavy atom. The first-order valence-electron chi connectivity index (χ1n) is 8.10. The van der Waals surface area contributed by atoms with Crippen LogP contribution in [0.15, 0.2) is 48.5 Å². The van der Waals surface area contributed by atoms with Gasteiger partial charge in [0.05, 0.1) is 0 Å². The van der Waals surface area contributed by atoms with Gasteiger partial charge in [0.2, 0.25) is 0 Å². The maximum Gasteiger partial charge on any atom is 0.303 e. The molecule has 0 saturated carbocycles. The summed E-state index contributed by atoms with van der Waals surface area (Å²) in [6.07, 6.45) is 5.34. The van der Waals surface area contributed by atoms with Crippen LogP contribution in [0.4, 0.5) is 0 Å². The number of fused-ring (bicyclic) bond motifs is 1. The first-order valence-corrected chi connectivity index (χ1v) is 8.10. The summed E-state index contributed by atoms with van der Waals surface area (Å²) in [5.74, 6) is -0.138. The molecule has 1 N–H and O–H groups in total. The van der Waals surface area contributed by atoms with E-state index in [-0.39, 0.29) is 6.42 Å². The highest BCUT2D eigenvalue weighted by molar-refractivity contribution is 5.66. The minimum Gasteiger partial charge on any atom is -0.481 e. The van der Waals surface area contributed by atoms with Crippen LogP contribution in [0, 0.1) is 0 Å². The van der Waals surface area contributed by atoms with Crippen LogP contribution in [0.1, 0.15) is 53.9 Å². The van der Waals surface area contributed by atoms with E-state index in [2.05, 4.69) is 42.5 Å². The van der Waals surface area contributed by atoms with Crippen LogP contribution in [-0.2, 0) is 17.6 Å². The first-order chi connectivity index (χ1) is 10.7. The van der Waals surface area contributed by atoms with Gasteiger partial charge >= 0.3 is 5.97 Å². The number of aliphatic carboxylic acids is 1. The Kier molecular flexibility index (Phi) is 4.57. The molecule has 1 atom stereocenters. The molecule has 0 heterocycles. The number of carboxylic acid groups (broad SMARTS) is 1. The van der Waals surface area contributed by atoms with Gasteiger partial charge in [-0.3, -0.25) is 4.79 Å². The predicted molar refractivity (Wildman–Crippen MR) is 88.2 cm³/mol. The van der Waals surface area contributed by atoms with Crippen molar-refractivity contribution < 1.29 is 9.90 Å². The molecule has 2 nitrogen and oxygen atoms in total. The molecule has 2 aromatic carbocycles. The van der Waals surface area contributed by atoms with Gasteiger partial charge in [-0.2, -0.15) is 0 Å². The van der Waals surface area contributed by atoms with Crippen LogP contribution >= 0.6 is 0 Å². The standard InChI is InChI=1S/C20H22O2/c21-20(22)8-4-7-17-11-12-18-10-9-16(14-19(17)18)13-15-5-2-1-3-6-15/h1-3,5-6,9-10,14,17H,4,7-8,11-13H2,(H,21,22)/t17-/m1/s1. The van der Waals surface area contributed by atoms with E-state index in [0.717, 1.165) is 25.7 Å². The molecule has 114 valence electrons. The maximum atomic E-state index is 10.7. The highest BCUT2D eigenvalue weighted by Crippen LogP contribution is 2.37. The molecular formula is C20H22O2. The Morgan fingerprint density at radius 3 is 2.68 bits per heavy atom. The van der Waals surface area contributed by atoms with E-state index in [4.69, 9.17) is 5.11 Å². The van der Waals surface area contributed by atoms with Gasteiger partial charge in [-0.05, 0) is 60.3 Å². The third kappa shape index (κ3) is 3.56. The Morgan fingerprint density at radius 1 is 1.09 bits per heavy atom. The normalized spacial score (nSPS) is 16.5. The second-order valence-corrected chi connectivity index (χ2v) is 6.22. The Hall–Kier alpha value is -2.09. The van der Waals surface area contributed by atoms with E-state index in [1.54, 1.807) is 0 Å². The fraction of sp³-hybridized carbons (Fsp3) is 0.350. The minimum absolute atomic E-state index is 0.287. The predicted octanol–water partition coefficient (Wildman–Crippen LogP) is 4.56. The van der Waals surface area contributed by atoms with Gasteiger partial charge in [-0.25, -0.2) is 0 Å². The summed E-state index contributed by atoms with van der Waals surface area (Å²) in [6.45, 7) is 0. The van der Waals surface area contributed by atoms with E-state index in [1.807, 2.05) is 6.07 Å². The molecule has 0 amide bonds. The molecule has 1 aliphatic rings. The highest BCUT2D eigenvalue weighted by Gasteiger charge is 2.22. The summed E-state index contributed by atoms with van der Waals surface area (Å²) in [5, 5.41) is 8.79. The average molecular weight is 294 g/mol. The molecule has 0 bridgehead atoms. The fourth-order valence-electron chi connectivity index (χ4n) is 3.48. The molecule has 1 aliphatic carbocycles. The van der Waals surface area contributed by atoms with E-state index in [1.165, 1.54) is 28.7 Å². The molecule has 0 spiro atoms. The third-order valence-electron chi connectivity index (χ3n) is 4.61. The second kappa shape index (κ2) is 6.78. The Balaban J connectivity index is 1.70. The number of aryl methyl sites for hydroxylation is 1. The molecule has 0 fully saturated rings. The lowest BCUT2D eigenvalue weighted by atomic mass is 9.93. The number of benzene rings is 2. The Bertz CT molecular complexity index is 646. The van der Waals surface area contributed by atoms with Crippen molar-refractivity contribution >= 4 is 5.97 Å². The number of hydrogen-bond donors (Lipinski definition) is 1. The molecule has 2 heteroatoms. The van der Waals surface area contributed by atoms with Gasteiger partial charge in [0.1, 0.15) is 0 Å². The molecule has 0 aliphatic heterocycles.